The molecule has 0 radical (unpaired) electrons. The molecular weight excluding hydrogens is 312 g/mol. The van der Waals surface area contributed by atoms with Crippen LogP contribution in [-0.2, 0) is 11.3 Å². The van der Waals surface area contributed by atoms with E-state index in [9.17, 15) is 14.4 Å². The first-order chi connectivity index (χ1) is 11.7. The van der Waals surface area contributed by atoms with Crippen molar-refractivity contribution in [1.29, 1.82) is 0 Å². The highest BCUT2D eigenvalue weighted by Gasteiger charge is 2.20. The van der Waals surface area contributed by atoms with Crippen LogP contribution in [0.5, 0.6) is 0 Å². The van der Waals surface area contributed by atoms with Gasteiger partial charge >= 0.3 is 5.69 Å². The van der Waals surface area contributed by atoms with Gasteiger partial charge in [-0.05, 0) is 12.1 Å². The van der Waals surface area contributed by atoms with Crippen molar-refractivity contribution in [2.45, 2.75) is 6.54 Å². The molecule has 8 heteroatoms. The minimum absolute atomic E-state index is 0.0424. The minimum Gasteiger partial charge on any atom is -0.383 e. The maximum Gasteiger partial charge on any atom is 0.357 e. The van der Waals surface area contributed by atoms with Crippen LogP contribution in [-0.4, -0.2) is 39.1 Å². The predicted molar refractivity (Wildman–Crippen MR) is 85.8 cm³/mol. The van der Waals surface area contributed by atoms with Crippen LogP contribution < -0.4 is 11.2 Å². The average Bonchev–Trinajstić information content (AvgIpc) is 2.61. The number of rotatable bonds is 5. The van der Waals surface area contributed by atoms with E-state index >= 15 is 0 Å². The Labute approximate surface area is 136 Å². The third kappa shape index (κ3) is 2.74. The molecule has 2 aliphatic heterocycles. The van der Waals surface area contributed by atoms with Crippen molar-refractivity contribution in [3.63, 3.8) is 0 Å². The Morgan fingerprint density at radius 1 is 1.17 bits per heavy atom. The molecule has 3 rings (SSSR count). The molecule has 0 aliphatic carbocycles. The van der Waals surface area contributed by atoms with Gasteiger partial charge in [0.1, 0.15) is 5.69 Å². The van der Waals surface area contributed by atoms with E-state index in [4.69, 9.17) is 4.74 Å². The Morgan fingerprint density at radius 3 is 2.58 bits per heavy atom. The van der Waals surface area contributed by atoms with Gasteiger partial charge in [0.05, 0.1) is 12.3 Å². The van der Waals surface area contributed by atoms with Gasteiger partial charge in [0.15, 0.2) is 17.8 Å². The number of carbonyl (C=O) groups excluding carboxylic acids is 1. The predicted octanol–water partition coefficient (Wildman–Crippen LogP) is 0.353. The first-order valence-electron chi connectivity index (χ1n) is 7.19. The lowest BCUT2D eigenvalue weighted by atomic mass is 10.3. The smallest absolute Gasteiger partial charge is 0.357 e. The minimum atomic E-state index is -0.703. The number of hydrogen-bond donors (Lipinski definition) is 0. The SMILES string of the molecule is COCCn1cc(C=O)nc2c(=O)n(-c3ccccc3)c(=O)nc1-2. The van der Waals surface area contributed by atoms with Crippen LogP contribution in [0.25, 0.3) is 17.2 Å². The number of carbonyl (C=O) groups is 1. The van der Waals surface area contributed by atoms with E-state index in [0.29, 0.717) is 25.1 Å². The Balaban J connectivity index is 2.32. The number of hydrogen-bond acceptors (Lipinski definition) is 6. The molecule has 2 aliphatic rings. The zero-order chi connectivity index (χ0) is 17.1. The van der Waals surface area contributed by atoms with Gasteiger partial charge in [0.25, 0.3) is 5.56 Å². The zero-order valence-electron chi connectivity index (χ0n) is 12.9. The van der Waals surface area contributed by atoms with E-state index in [1.807, 2.05) is 0 Å². The molecule has 0 saturated heterocycles. The molecule has 24 heavy (non-hydrogen) atoms. The monoisotopic (exact) mass is 326 g/mol. The summed E-state index contributed by atoms with van der Waals surface area (Å²) in [5.74, 6) is 0.125. The summed E-state index contributed by atoms with van der Waals surface area (Å²) in [4.78, 5) is 44.2. The van der Waals surface area contributed by atoms with Gasteiger partial charge in [-0.3, -0.25) is 9.59 Å². The molecule has 0 atom stereocenters. The second-order valence-corrected chi connectivity index (χ2v) is 5.01. The lowest BCUT2D eigenvalue weighted by Crippen LogP contribution is -2.37. The Kier molecular flexibility index (Phi) is 4.30. The summed E-state index contributed by atoms with van der Waals surface area (Å²) in [6.07, 6.45) is 1.98. The van der Waals surface area contributed by atoms with Crippen molar-refractivity contribution in [2.24, 2.45) is 0 Å². The van der Waals surface area contributed by atoms with E-state index in [2.05, 4.69) is 9.97 Å². The maximum atomic E-state index is 12.7. The molecule has 122 valence electrons. The molecule has 1 aromatic rings. The number of ether oxygens (including phenoxy) is 1. The van der Waals surface area contributed by atoms with E-state index in [1.165, 1.54) is 17.9 Å². The van der Waals surface area contributed by atoms with Crippen molar-refractivity contribution >= 4 is 6.29 Å². The topological polar surface area (TPSA) is 96.1 Å². The summed E-state index contributed by atoms with van der Waals surface area (Å²) < 4.78 is 7.46. The van der Waals surface area contributed by atoms with Crippen LogP contribution in [0.1, 0.15) is 10.5 Å². The Hall–Kier alpha value is -3.13. The highest BCUT2D eigenvalue weighted by atomic mass is 16.5. The summed E-state index contributed by atoms with van der Waals surface area (Å²) in [7, 11) is 1.53. The number of benzene rings is 1. The highest BCUT2D eigenvalue weighted by molar-refractivity contribution is 5.73. The maximum absolute atomic E-state index is 12.7. The van der Waals surface area contributed by atoms with E-state index in [0.717, 1.165) is 4.57 Å². The van der Waals surface area contributed by atoms with Crippen LogP contribution in [0.4, 0.5) is 0 Å². The van der Waals surface area contributed by atoms with Gasteiger partial charge in [-0.25, -0.2) is 14.3 Å². The van der Waals surface area contributed by atoms with Crippen LogP contribution in [0, 0.1) is 0 Å². The second-order valence-electron chi connectivity index (χ2n) is 5.01. The van der Waals surface area contributed by atoms with Gasteiger partial charge in [-0.2, -0.15) is 4.98 Å². The lowest BCUT2D eigenvalue weighted by Gasteiger charge is -2.15. The van der Waals surface area contributed by atoms with Gasteiger partial charge in [-0.1, -0.05) is 18.2 Å². The largest absolute Gasteiger partial charge is 0.383 e. The first kappa shape index (κ1) is 15.8. The molecule has 0 bridgehead atoms. The summed E-state index contributed by atoms with van der Waals surface area (Å²) in [5, 5.41) is 0. The first-order valence-corrected chi connectivity index (χ1v) is 7.19. The molecule has 0 fully saturated rings. The third-order valence-corrected chi connectivity index (χ3v) is 3.48. The van der Waals surface area contributed by atoms with Crippen LogP contribution >= 0.6 is 0 Å². The van der Waals surface area contributed by atoms with Crippen LogP contribution in [0.15, 0.2) is 46.1 Å². The molecule has 0 unspecified atom stereocenters. The molecule has 2 heterocycles. The summed E-state index contributed by atoms with van der Waals surface area (Å²) in [6.45, 7) is 0.664. The fourth-order valence-corrected chi connectivity index (χ4v) is 2.38. The number of fused-ring (bicyclic) bond motifs is 1. The van der Waals surface area contributed by atoms with Gasteiger partial charge in [-0.15, -0.1) is 0 Å². The summed E-state index contributed by atoms with van der Waals surface area (Å²) >= 11 is 0. The van der Waals surface area contributed by atoms with Gasteiger partial charge in [0, 0.05) is 19.9 Å². The van der Waals surface area contributed by atoms with E-state index in [-0.39, 0.29) is 17.2 Å². The normalized spacial score (nSPS) is 10.9. The standard InChI is InChI=1S/C16H14N4O4/c1-24-8-7-19-9-11(10-21)17-13-14(19)18-16(23)20(15(13)22)12-5-3-2-4-6-12/h2-6,9-10H,7-8H2,1H3. The third-order valence-electron chi connectivity index (χ3n) is 3.48. The summed E-state index contributed by atoms with van der Waals surface area (Å²) in [6, 6.07) is 8.44. The lowest BCUT2D eigenvalue weighted by molar-refractivity contribution is 0.111. The molecule has 0 aromatic heterocycles. The molecule has 8 nitrogen and oxygen atoms in total. The Bertz CT molecular complexity index is 962. The van der Waals surface area contributed by atoms with Gasteiger partial charge in [0.2, 0.25) is 0 Å². The molecule has 1 aromatic carbocycles. The average molecular weight is 326 g/mol. The zero-order valence-corrected chi connectivity index (χ0v) is 12.9. The van der Waals surface area contributed by atoms with Gasteiger partial charge < -0.3 is 9.30 Å². The van der Waals surface area contributed by atoms with Crippen molar-refractivity contribution in [2.75, 3.05) is 13.7 Å². The fourth-order valence-electron chi connectivity index (χ4n) is 2.38. The summed E-state index contributed by atoms with van der Waals surface area (Å²) in [5.41, 5.74) is -0.893. The van der Waals surface area contributed by atoms with Crippen LogP contribution in [0.3, 0.4) is 0 Å². The molecular formula is C16H14N4O4. The molecule has 0 saturated carbocycles. The van der Waals surface area contributed by atoms with E-state index < -0.39 is 11.2 Å². The van der Waals surface area contributed by atoms with Crippen molar-refractivity contribution < 1.29 is 9.53 Å². The Morgan fingerprint density at radius 2 is 1.92 bits per heavy atom. The number of nitrogens with zero attached hydrogens (tertiary/aromatic N) is 4. The van der Waals surface area contributed by atoms with Crippen LogP contribution in [0.2, 0.25) is 0 Å². The molecule has 0 N–H and O–H groups in total. The van der Waals surface area contributed by atoms with Crippen molar-refractivity contribution in [3.8, 4) is 17.2 Å². The van der Waals surface area contributed by atoms with Crippen molar-refractivity contribution in [3.05, 3.63) is 63.1 Å². The number of para-hydroxylation sites is 1. The van der Waals surface area contributed by atoms with E-state index in [1.54, 1.807) is 30.3 Å². The second kappa shape index (κ2) is 6.55. The quantitative estimate of drug-likeness (QED) is 0.628. The number of aldehydes is 1. The fraction of sp³-hybridized carbons (Fsp3) is 0.188. The highest BCUT2D eigenvalue weighted by Crippen LogP contribution is 2.13. The number of aromatic nitrogens is 4. The number of methoxy groups -OCH3 is 1. The molecule has 0 spiro atoms. The molecule has 0 amide bonds. The van der Waals surface area contributed by atoms with Crippen molar-refractivity contribution in [1.82, 2.24) is 19.1 Å².